The summed E-state index contributed by atoms with van der Waals surface area (Å²) in [6.07, 6.45) is 9.32. The molecule has 3 heterocycles. The lowest BCUT2D eigenvalue weighted by Gasteiger charge is -2.21. The maximum absolute atomic E-state index is 10.3. The first-order valence-electron chi connectivity index (χ1n) is 10.6. The maximum atomic E-state index is 10.3. The van der Waals surface area contributed by atoms with Crippen LogP contribution in [0.3, 0.4) is 0 Å². The molecule has 11 heteroatoms. The Hall–Kier alpha value is -1.58. The molecule has 4 unspecified atom stereocenters. The van der Waals surface area contributed by atoms with Gasteiger partial charge in [-0.05, 0) is 19.3 Å². The molecule has 2 aliphatic rings. The van der Waals surface area contributed by atoms with Gasteiger partial charge in [-0.1, -0.05) is 32.6 Å². The van der Waals surface area contributed by atoms with Crippen molar-refractivity contribution in [2.45, 2.75) is 70.2 Å². The predicted molar refractivity (Wildman–Crippen MR) is 114 cm³/mol. The van der Waals surface area contributed by atoms with E-state index in [0.29, 0.717) is 29.7 Å². The van der Waals surface area contributed by atoms with Gasteiger partial charge in [0.15, 0.2) is 11.2 Å². The van der Waals surface area contributed by atoms with Crippen molar-refractivity contribution < 1.29 is 18.9 Å². The maximum Gasteiger partial charge on any atom is 0.253 e. The number of nitrogen functional groups attached to an aromatic ring is 1. The van der Waals surface area contributed by atoms with E-state index in [1.807, 2.05) is 4.57 Å². The van der Waals surface area contributed by atoms with E-state index in [9.17, 15) is 4.89 Å². The number of hydrogen-bond donors (Lipinski definition) is 3. The highest BCUT2D eigenvalue weighted by Gasteiger charge is 2.35. The topological polar surface area (TPSA) is 130 Å². The van der Waals surface area contributed by atoms with Crippen LogP contribution in [0.4, 0.5) is 5.95 Å². The second kappa shape index (κ2) is 9.70. The van der Waals surface area contributed by atoms with E-state index < -0.39 is 8.53 Å². The molecule has 4 N–H and O–H groups in total. The molecule has 0 amide bonds. The number of methoxy groups -OCH3 is 1. The summed E-state index contributed by atoms with van der Waals surface area (Å²) in [6.45, 7) is 2.46. The van der Waals surface area contributed by atoms with E-state index in [1.54, 1.807) is 6.33 Å². The highest BCUT2D eigenvalue weighted by atomic mass is 31.2. The van der Waals surface area contributed by atoms with Crippen LogP contribution in [0.2, 0.25) is 0 Å². The van der Waals surface area contributed by atoms with E-state index in [0.717, 1.165) is 19.3 Å². The first-order valence-corrected chi connectivity index (χ1v) is 11.8. The van der Waals surface area contributed by atoms with Gasteiger partial charge in [-0.2, -0.15) is 9.97 Å². The van der Waals surface area contributed by atoms with Crippen molar-refractivity contribution in [3.8, 4) is 5.88 Å². The summed E-state index contributed by atoms with van der Waals surface area (Å²) in [7, 11) is -0.121. The van der Waals surface area contributed by atoms with Gasteiger partial charge >= 0.3 is 0 Å². The molecule has 1 saturated carbocycles. The van der Waals surface area contributed by atoms with Gasteiger partial charge in [0.1, 0.15) is 6.23 Å². The summed E-state index contributed by atoms with van der Waals surface area (Å²) in [6, 6.07) is 0.345. The number of hydrogen-bond acceptors (Lipinski definition) is 9. The van der Waals surface area contributed by atoms with Crippen LogP contribution in [0.25, 0.3) is 11.2 Å². The summed E-state index contributed by atoms with van der Waals surface area (Å²) in [5.74, 6) is 0.692. The molecule has 4 rings (SSSR count). The Bertz CT molecular complexity index is 844. The van der Waals surface area contributed by atoms with Gasteiger partial charge in [-0.3, -0.25) is 4.57 Å². The molecule has 0 radical (unpaired) electrons. The molecule has 2 fully saturated rings. The molecule has 166 valence electrons. The highest BCUT2D eigenvalue weighted by molar-refractivity contribution is 7.43. The fourth-order valence-corrected chi connectivity index (χ4v) is 5.31. The minimum absolute atomic E-state index is 0.114. The molecule has 2 aromatic rings. The van der Waals surface area contributed by atoms with E-state index in [-0.39, 0.29) is 24.2 Å². The summed E-state index contributed by atoms with van der Waals surface area (Å²) >= 11 is 0. The number of nitrogens with two attached hydrogens (primary N) is 1. The lowest BCUT2D eigenvalue weighted by atomic mass is 10.1. The predicted octanol–water partition coefficient (Wildman–Crippen LogP) is 2.89. The summed E-state index contributed by atoms with van der Waals surface area (Å²) in [5.41, 5.74) is 6.95. The third-order valence-corrected chi connectivity index (χ3v) is 6.84. The van der Waals surface area contributed by atoms with Crippen LogP contribution < -0.4 is 15.6 Å². The highest BCUT2D eigenvalue weighted by Crippen LogP contribution is 2.38. The second-order valence-corrected chi connectivity index (χ2v) is 9.23. The SMILES string of the molecule is COc1nc(N)nc2c1ncn2C1OC(COP(O)NC2CCCCCC2)CC1C. The molecule has 1 aliphatic heterocycles. The summed E-state index contributed by atoms with van der Waals surface area (Å²) in [5, 5.41) is 3.26. The fraction of sp³-hybridized carbons (Fsp3) is 0.737. The Morgan fingerprint density at radius 1 is 1.30 bits per heavy atom. The van der Waals surface area contributed by atoms with Gasteiger partial charge in [0.2, 0.25) is 11.8 Å². The quantitative estimate of drug-likeness (QED) is 0.441. The van der Waals surface area contributed by atoms with Crippen molar-refractivity contribution in [1.29, 1.82) is 0 Å². The van der Waals surface area contributed by atoms with Gasteiger partial charge in [-0.25, -0.2) is 10.1 Å². The zero-order valence-corrected chi connectivity index (χ0v) is 18.4. The van der Waals surface area contributed by atoms with Gasteiger partial charge in [-0.15, -0.1) is 0 Å². The number of imidazole rings is 1. The molecule has 1 saturated heterocycles. The van der Waals surface area contributed by atoms with Crippen LogP contribution >= 0.6 is 8.53 Å². The van der Waals surface area contributed by atoms with Crippen LogP contribution in [0.5, 0.6) is 5.88 Å². The molecular weight excluding hydrogens is 407 g/mol. The third kappa shape index (κ3) is 4.84. The molecule has 2 aromatic heterocycles. The largest absolute Gasteiger partial charge is 0.479 e. The number of ether oxygens (including phenoxy) is 2. The van der Waals surface area contributed by atoms with Crippen LogP contribution in [0.1, 0.15) is 58.1 Å². The van der Waals surface area contributed by atoms with Gasteiger partial charge in [0.05, 0.1) is 26.1 Å². The lowest BCUT2D eigenvalue weighted by Crippen LogP contribution is -2.25. The van der Waals surface area contributed by atoms with Crippen molar-refractivity contribution in [1.82, 2.24) is 24.6 Å². The van der Waals surface area contributed by atoms with Crippen molar-refractivity contribution in [3.05, 3.63) is 6.33 Å². The minimum atomic E-state index is -1.65. The Kier molecular flexibility index (Phi) is 7.00. The number of aromatic nitrogens is 4. The monoisotopic (exact) mass is 438 g/mol. The molecule has 10 nitrogen and oxygen atoms in total. The first-order chi connectivity index (χ1) is 14.5. The first kappa shape index (κ1) is 21.6. The van der Waals surface area contributed by atoms with Crippen LogP contribution in [-0.2, 0) is 9.26 Å². The molecule has 30 heavy (non-hydrogen) atoms. The minimum Gasteiger partial charge on any atom is -0.479 e. The third-order valence-electron chi connectivity index (χ3n) is 5.86. The zero-order valence-electron chi connectivity index (χ0n) is 17.5. The average molecular weight is 438 g/mol. The Morgan fingerprint density at radius 2 is 2.07 bits per heavy atom. The van der Waals surface area contributed by atoms with E-state index >= 15 is 0 Å². The van der Waals surface area contributed by atoms with Crippen molar-refractivity contribution in [2.75, 3.05) is 19.5 Å². The molecule has 0 bridgehead atoms. The van der Waals surface area contributed by atoms with Gasteiger partial charge in [0, 0.05) is 12.0 Å². The van der Waals surface area contributed by atoms with Crippen molar-refractivity contribution in [3.63, 3.8) is 0 Å². The molecule has 4 atom stereocenters. The Labute approximate surface area is 177 Å². The van der Waals surface area contributed by atoms with E-state index in [4.69, 9.17) is 19.7 Å². The number of nitrogens with one attached hydrogen (secondary N) is 1. The lowest BCUT2D eigenvalue weighted by molar-refractivity contribution is -0.0252. The molecular formula is C19H31N6O4P. The van der Waals surface area contributed by atoms with E-state index in [2.05, 4.69) is 27.0 Å². The van der Waals surface area contributed by atoms with Crippen LogP contribution in [0, 0.1) is 5.92 Å². The average Bonchev–Trinajstić information content (AvgIpc) is 3.20. The van der Waals surface area contributed by atoms with Crippen LogP contribution in [0.15, 0.2) is 6.33 Å². The smallest absolute Gasteiger partial charge is 0.253 e. The second-order valence-electron chi connectivity index (χ2n) is 8.16. The van der Waals surface area contributed by atoms with Crippen molar-refractivity contribution in [2.24, 2.45) is 5.92 Å². The molecule has 1 aliphatic carbocycles. The Morgan fingerprint density at radius 3 is 2.80 bits per heavy atom. The normalized spacial score (nSPS) is 26.7. The van der Waals surface area contributed by atoms with Gasteiger partial charge in [0.25, 0.3) is 8.53 Å². The number of nitrogens with zero attached hydrogens (tertiary/aromatic N) is 4. The molecule has 0 aromatic carbocycles. The van der Waals surface area contributed by atoms with Gasteiger partial charge < -0.3 is 24.6 Å². The fourth-order valence-electron chi connectivity index (χ4n) is 4.36. The van der Waals surface area contributed by atoms with Crippen LogP contribution in [-0.4, -0.2) is 50.3 Å². The molecule has 0 spiro atoms. The zero-order chi connectivity index (χ0) is 21.1. The van der Waals surface area contributed by atoms with Crippen molar-refractivity contribution >= 4 is 25.6 Å². The van der Waals surface area contributed by atoms with E-state index in [1.165, 1.54) is 32.8 Å². The summed E-state index contributed by atoms with van der Waals surface area (Å²) < 4.78 is 19.1. The number of anilines is 1. The summed E-state index contributed by atoms with van der Waals surface area (Å²) in [4.78, 5) is 23.1. The Balaban J connectivity index is 1.36. The standard InChI is InChI=1S/C19H31N6O4P/c1-12-9-14(10-28-30(26)24-13-7-5-3-4-6-8-13)29-18(12)25-11-21-15-16(25)22-19(20)23-17(15)27-2/h11-14,18,24,26H,3-10H2,1-2H3,(H2,20,22,23). The number of rotatable bonds is 7. The number of fused-ring (bicyclic) bond motifs is 1.